The van der Waals surface area contributed by atoms with Crippen molar-refractivity contribution in [1.82, 2.24) is 10.6 Å². The Hall–Kier alpha value is -2.35. The smallest absolute Gasteiger partial charge is 0.320 e. The molecule has 1 aliphatic rings. The van der Waals surface area contributed by atoms with Gasteiger partial charge in [-0.25, -0.2) is 4.79 Å². The minimum absolute atomic E-state index is 0.410. The third kappa shape index (κ3) is 1.41. The number of amides is 3. The summed E-state index contributed by atoms with van der Waals surface area (Å²) in [6, 6.07) is 8.08. The van der Waals surface area contributed by atoms with Gasteiger partial charge in [0.25, 0.3) is 5.91 Å². The molecule has 1 aromatic carbocycles. The maximum absolute atomic E-state index is 11.6. The number of benzene rings is 1. The summed E-state index contributed by atoms with van der Waals surface area (Å²) in [5.74, 6) is -0.410. The third-order valence-corrected chi connectivity index (χ3v) is 2.61. The Morgan fingerprint density at radius 2 is 2.12 bits per heavy atom. The van der Waals surface area contributed by atoms with Gasteiger partial charge in [-0.15, -0.1) is 0 Å². The number of hydrogen-bond donors (Lipinski definition) is 2. The third-order valence-electron chi connectivity index (χ3n) is 2.61. The van der Waals surface area contributed by atoms with E-state index in [0.717, 1.165) is 0 Å². The van der Waals surface area contributed by atoms with Gasteiger partial charge in [-0.2, -0.15) is 5.26 Å². The lowest BCUT2D eigenvalue weighted by Gasteiger charge is -2.20. The van der Waals surface area contributed by atoms with Gasteiger partial charge in [0.1, 0.15) is 5.54 Å². The Morgan fingerprint density at radius 3 is 2.69 bits per heavy atom. The zero-order valence-corrected chi connectivity index (χ0v) is 8.57. The first-order valence-corrected chi connectivity index (χ1v) is 4.70. The molecule has 5 nitrogen and oxygen atoms in total. The highest BCUT2D eigenvalue weighted by Crippen LogP contribution is 2.24. The van der Waals surface area contributed by atoms with E-state index in [1.807, 2.05) is 6.07 Å². The number of nitrogens with zero attached hydrogens (tertiary/aromatic N) is 1. The van der Waals surface area contributed by atoms with Crippen LogP contribution in [-0.4, -0.2) is 11.9 Å². The highest BCUT2D eigenvalue weighted by Gasteiger charge is 2.43. The molecule has 0 bridgehead atoms. The summed E-state index contributed by atoms with van der Waals surface area (Å²) in [5, 5.41) is 13.5. The van der Waals surface area contributed by atoms with Crippen molar-refractivity contribution in [3.63, 3.8) is 0 Å². The van der Waals surface area contributed by atoms with E-state index in [4.69, 9.17) is 5.26 Å². The normalized spacial score (nSPS) is 23.5. The number of nitrogens with one attached hydrogen (secondary N) is 2. The maximum Gasteiger partial charge on any atom is 0.322 e. The van der Waals surface area contributed by atoms with Gasteiger partial charge in [0.15, 0.2) is 0 Å². The summed E-state index contributed by atoms with van der Waals surface area (Å²) in [5.41, 5.74) is -0.0493. The van der Waals surface area contributed by atoms with Crippen LogP contribution in [0.3, 0.4) is 0 Å². The first kappa shape index (κ1) is 10.2. The number of hydrogen-bond acceptors (Lipinski definition) is 3. The summed E-state index contributed by atoms with van der Waals surface area (Å²) in [4.78, 5) is 22.7. The number of rotatable bonds is 1. The largest absolute Gasteiger partial charge is 0.322 e. The van der Waals surface area contributed by atoms with Crippen LogP contribution in [0.15, 0.2) is 24.3 Å². The van der Waals surface area contributed by atoms with Crippen LogP contribution in [0.1, 0.15) is 18.1 Å². The molecule has 16 heavy (non-hydrogen) atoms. The number of nitriles is 1. The quantitative estimate of drug-likeness (QED) is 0.673. The van der Waals surface area contributed by atoms with Crippen molar-refractivity contribution in [3.05, 3.63) is 35.4 Å². The Bertz CT molecular complexity index is 518. The van der Waals surface area contributed by atoms with E-state index < -0.39 is 17.5 Å². The van der Waals surface area contributed by atoms with Crippen LogP contribution in [0.5, 0.6) is 0 Å². The molecule has 1 aliphatic heterocycles. The standard InChI is InChI=1S/C11H9N3O2/c1-11(9(15)13-10(16)14-11)8-4-2-3-7(5-8)6-12/h2-5H,1H3,(H2,13,14,15,16)/t11-/m1/s1. The van der Waals surface area contributed by atoms with Gasteiger partial charge in [0.2, 0.25) is 0 Å². The summed E-state index contributed by atoms with van der Waals surface area (Å²) >= 11 is 0. The molecular weight excluding hydrogens is 206 g/mol. The van der Waals surface area contributed by atoms with Crippen molar-refractivity contribution < 1.29 is 9.59 Å². The zero-order valence-electron chi connectivity index (χ0n) is 8.57. The van der Waals surface area contributed by atoms with Crippen LogP contribution < -0.4 is 10.6 Å². The van der Waals surface area contributed by atoms with Crippen LogP contribution in [-0.2, 0) is 10.3 Å². The summed E-state index contributed by atoms with van der Waals surface area (Å²) < 4.78 is 0. The Labute approximate surface area is 92.1 Å². The molecule has 1 fully saturated rings. The molecule has 2 N–H and O–H groups in total. The van der Waals surface area contributed by atoms with Gasteiger partial charge in [-0.05, 0) is 24.6 Å². The van der Waals surface area contributed by atoms with Gasteiger partial charge < -0.3 is 5.32 Å². The highest BCUT2D eigenvalue weighted by atomic mass is 16.2. The second-order valence-corrected chi connectivity index (χ2v) is 3.73. The van der Waals surface area contributed by atoms with Crippen LogP contribution in [0.2, 0.25) is 0 Å². The zero-order chi connectivity index (χ0) is 11.8. The van der Waals surface area contributed by atoms with Crippen molar-refractivity contribution in [2.24, 2.45) is 0 Å². The topological polar surface area (TPSA) is 82.0 Å². The molecule has 80 valence electrons. The van der Waals surface area contributed by atoms with Crippen molar-refractivity contribution in [2.75, 3.05) is 0 Å². The number of imide groups is 1. The van der Waals surface area contributed by atoms with E-state index in [1.54, 1.807) is 31.2 Å². The predicted molar refractivity (Wildman–Crippen MR) is 55.2 cm³/mol. The monoisotopic (exact) mass is 215 g/mol. The minimum Gasteiger partial charge on any atom is -0.320 e. The van der Waals surface area contributed by atoms with E-state index in [1.165, 1.54) is 0 Å². The van der Waals surface area contributed by atoms with Gasteiger partial charge in [0, 0.05) is 0 Å². The Balaban J connectivity index is 2.48. The molecule has 5 heteroatoms. The Kier molecular flexibility index (Phi) is 2.13. The fourth-order valence-corrected chi connectivity index (χ4v) is 1.65. The first-order chi connectivity index (χ1) is 7.56. The fraction of sp³-hybridized carbons (Fsp3) is 0.182. The molecule has 0 spiro atoms. The van der Waals surface area contributed by atoms with E-state index in [2.05, 4.69) is 10.6 Å². The van der Waals surface area contributed by atoms with E-state index in [0.29, 0.717) is 11.1 Å². The lowest BCUT2D eigenvalue weighted by Crippen LogP contribution is -2.40. The molecule has 2 rings (SSSR count). The van der Waals surface area contributed by atoms with Crippen LogP contribution in [0.4, 0.5) is 4.79 Å². The number of urea groups is 1. The van der Waals surface area contributed by atoms with E-state index in [-0.39, 0.29) is 0 Å². The molecule has 0 aromatic heterocycles. The summed E-state index contributed by atoms with van der Waals surface area (Å²) in [7, 11) is 0. The van der Waals surface area contributed by atoms with Crippen molar-refractivity contribution in [2.45, 2.75) is 12.5 Å². The molecule has 3 amide bonds. The molecule has 0 unspecified atom stereocenters. The van der Waals surface area contributed by atoms with Gasteiger partial charge in [-0.3, -0.25) is 10.1 Å². The SMILES string of the molecule is C[C@]1(c2cccc(C#N)c2)NC(=O)NC1=O. The van der Waals surface area contributed by atoms with Crippen molar-refractivity contribution in [3.8, 4) is 6.07 Å². The van der Waals surface area contributed by atoms with Crippen molar-refractivity contribution >= 4 is 11.9 Å². The van der Waals surface area contributed by atoms with E-state index >= 15 is 0 Å². The molecule has 0 saturated carbocycles. The van der Waals surface area contributed by atoms with Gasteiger partial charge in [0.05, 0.1) is 11.6 Å². The second-order valence-electron chi connectivity index (χ2n) is 3.73. The van der Waals surface area contributed by atoms with Crippen LogP contribution in [0, 0.1) is 11.3 Å². The lowest BCUT2D eigenvalue weighted by molar-refractivity contribution is -0.123. The average Bonchev–Trinajstić information content (AvgIpc) is 2.54. The summed E-state index contributed by atoms with van der Waals surface area (Å²) in [6.07, 6.45) is 0. The van der Waals surface area contributed by atoms with Crippen LogP contribution >= 0.6 is 0 Å². The second kappa shape index (κ2) is 3.35. The molecule has 1 atom stereocenters. The van der Waals surface area contributed by atoms with Crippen LogP contribution in [0.25, 0.3) is 0 Å². The lowest BCUT2D eigenvalue weighted by atomic mass is 9.91. The number of carbonyl (C=O) groups excluding carboxylic acids is 2. The van der Waals surface area contributed by atoms with E-state index in [9.17, 15) is 9.59 Å². The highest BCUT2D eigenvalue weighted by molar-refractivity contribution is 6.07. The summed E-state index contributed by atoms with van der Waals surface area (Å²) in [6.45, 7) is 1.60. The first-order valence-electron chi connectivity index (χ1n) is 4.70. The molecule has 1 saturated heterocycles. The molecule has 1 heterocycles. The molecule has 1 aromatic rings. The Morgan fingerprint density at radius 1 is 1.38 bits per heavy atom. The minimum atomic E-state index is -1.09. The van der Waals surface area contributed by atoms with Gasteiger partial charge >= 0.3 is 6.03 Å². The van der Waals surface area contributed by atoms with Gasteiger partial charge in [-0.1, -0.05) is 12.1 Å². The predicted octanol–water partition coefficient (Wildman–Crippen LogP) is 0.613. The molecular formula is C11H9N3O2. The molecule has 0 aliphatic carbocycles. The number of carbonyl (C=O) groups is 2. The average molecular weight is 215 g/mol. The molecule has 0 radical (unpaired) electrons. The van der Waals surface area contributed by atoms with Crippen molar-refractivity contribution in [1.29, 1.82) is 5.26 Å². The fourth-order valence-electron chi connectivity index (χ4n) is 1.65. The maximum atomic E-state index is 11.6.